The molecule has 1 aromatic carbocycles. The highest BCUT2D eigenvalue weighted by atomic mass is 79.9. The molecule has 0 saturated carbocycles. The minimum absolute atomic E-state index is 0.101. The van der Waals surface area contributed by atoms with E-state index in [2.05, 4.69) is 15.9 Å². The summed E-state index contributed by atoms with van der Waals surface area (Å²) in [7, 11) is 1.49. The van der Waals surface area contributed by atoms with Crippen LogP contribution in [-0.4, -0.2) is 17.4 Å². The zero-order valence-electron chi connectivity index (χ0n) is 9.49. The number of hydrogen-bond acceptors (Lipinski definition) is 3. The van der Waals surface area contributed by atoms with Gasteiger partial charge in [0.25, 0.3) is 5.69 Å². The number of benzene rings is 1. The van der Waals surface area contributed by atoms with E-state index in [1.165, 1.54) is 13.2 Å². The Morgan fingerprint density at radius 1 is 1.50 bits per heavy atom. The van der Waals surface area contributed by atoms with Crippen molar-refractivity contribution in [1.82, 2.24) is 0 Å². The van der Waals surface area contributed by atoms with Gasteiger partial charge in [-0.15, -0.1) is 0 Å². The Bertz CT molecular complexity index is 404. The van der Waals surface area contributed by atoms with E-state index >= 15 is 0 Å². The Kier molecular flexibility index (Phi) is 3.91. The van der Waals surface area contributed by atoms with Crippen molar-refractivity contribution in [2.45, 2.75) is 19.3 Å². The monoisotopic (exact) mass is 287 g/mol. The van der Waals surface area contributed by atoms with Gasteiger partial charge in [0.05, 0.1) is 18.1 Å². The number of hydrogen-bond donors (Lipinski definition) is 0. The number of nitro benzene ring substituents is 1. The number of halogens is 1. The first-order chi connectivity index (χ1) is 7.42. The fourth-order valence-electron chi connectivity index (χ4n) is 1.43. The second kappa shape index (κ2) is 4.82. The molecule has 1 aromatic rings. The Hall–Kier alpha value is -1.10. The average molecular weight is 288 g/mol. The molecule has 5 heteroatoms. The molecular formula is C11H14BrNO3. The van der Waals surface area contributed by atoms with Crippen LogP contribution in [0, 0.1) is 10.1 Å². The molecule has 0 heterocycles. The summed E-state index contributed by atoms with van der Waals surface area (Å²) >= 11 is 3.37. The van der Waals surface area contributed by atoms with Crippen LogP contribution in [0.5, 0.6) is 5.75 Å². The van der Waals surface area contributed by atoms with Crippen LogP contribution in [0.2, 0.25) is 0 Å². The van der Waals surface area contributed by atoms with Gasteiger partial charge in [0.15, 0.2) is 0 Å². The van der Waals surface area contributed by atoms with Crippen molar-refractivity contribution in [1.29, 1.82) is 0 Å². The van der Waals surface area contributed by atoms with Gasteiger partial charge in [0, 0.05) is 16.3 Å². The second-order valence-electron chi connectivity index (χ2n) is 4.16. The fourth-order valence-corrected chi connectivity index (χ4v) is 1.74. The van der Waals surface area contributed by atoms with Gasteiger partial charge < -0.3 is 4.74 Å². The summed E-state index contributed by atoms with van der Waals surface area (Å²) in [6, 6.07) is 4.95. The summed E-state index contributed by atoms with van der Waals surface area (Å²) in [4.78, 5) is 10.6. The van der Waals surface area contributed by atoms with Gasteiger partial charge >= 0.3 is 0 Å². The largest absolute Gasteiger partial charge is 0.497 e. The highest BCUT2D eigenvalue weighted by Crippen LogP contribution is 2.35. The van der Waals surface area contributed by atoms with Crippen molar-refractivity contribution in [3.05, 3.63) is 33.9 Å². The highest BCUT2D eigenvalue weighted by molar-refractivity contribution is 9.09. The summed E-state index contributed by atoms with van der Waals surface area (Å²) in [5.41, 5.74) is 0.522. The molecule has 0 saturated heterocycles. The molecule has 0 spiro atoms. The van der Waals surface area contributed by atoms with Gasteiger partial charge in [-0.2, -0.15) is 0 Å². The van der Waals surface area contributed by atoms with E-state index in [0.29, 0.717) is 16.6 Å². The van der Waals surface area contributed by atoms with Gasteiger partial charge in [-0.1, -0.05) is 29.8 Å². The molecule has 0 radical (unpaired) electrons. The maximum Gasteiger partial charge on any atom is 0.276 e. The molecule has 0 bridgehead atoms. The number of alkyl halides is 1. The first-order valence-corrected chi connectivity index (χ1v) is 5.93. The van der Waals surface area contributed by atoms with Crippen LogP contribution < -0.4 is 4.74 Å². The predicted molar refractivity (Wildman–Crippen MR) is 66.5 cm³/mol. The summed E-state index contributed by atoms with van der Waals surface area (Å²) < 4.78 is 4.99. The van der Waals surface area contributed by atoms with Crippen molar-refractivity contribution >= 4 is 21.6 Å². The predicted octanol–water partition coefficient (Wildman–Crippen LogP) is 3.28. The normalized spacial score (nSPS) is 11.2. The maximum absolute atomic E-state index is 11.0. The van der Waals surface area contributed by atoms with Crippen LogP contribution in [-0.2, 0) is 5.41 Å². The molecule has 0 N–H and O–H groups in total. The number of ether oxygens (including phenoxy) is 1. The Labute approximate surface area is 103 Å². The Balaban J connectivity index is 3.34. The lowest BCUT2D eigenvalue weighted by atomic mass is 9.85. The third-order valence-electron chi connectivity index (χ3n) is 2.46. The van der Waals surface area contributed by atoms with Crippen molar-refractivity contribution in [3.63, 3.8) is 0 Å². The minimum atomic E-state index is -0.373. The van der Waals surface area contributed by atoms with E-state index in [1.54, 1.807) is 12.1 Å². The third kappa shape index (κ3) is 2.52. The number of nitro groups is 1. The van der Waals surface area contributed by atoms with Crippen LogP contribution in [0.4, 0.5) is 5.69 Å². The summed E-state index contributed by atoms with van der Waals surface area (Å²) in [6.07, 6.45) is 0. The number of nitrogens with zero attached hydrogens (tertiary/aromatic N) is 1. The van der Waals surface area contributed by atoms with Crippen LogP contribution in [0.3, 0.4) is 0 Å². The maximum atomic E-state index is 11.0. The van der Waals surface area contributed by atoms with Crippen LogP contribution in [0.15, 0.2) is 18.2 Å². The first kappa shape index (κ1) is 13.0. The van der Waals surface area contributed by atoms with Gasteiger partial charge in [0.2, 0.25) is 0 Å². The molecule has 0 aliphatic heterocycles. The minimum Gasteiger partial charge on any atom is -0.497 e. The summed E-state index contributed by atoms with van der Waals surface area (Å²) in [6.45, 7) is 3.91. The fraction of sp³-hybridized carbons (Fsp3) is 0.455. The molecule has 0 aliphatic carbocycles. The zero-order chi connectivity index (χ0) is 12.3. The lowest BCUT2D eigenvalue weighted by Crippen LogP contribution is -2.20. The number of rotatable bonds is 4. The second-order valence-corrected chi connectivity index (χ2v) is 4.72. The molecule has 0 amide bonds. The molecule has 0 fully saturated rings. The van der Waals surface area contributed by atoms with Crippen molar-refractivity contribution in [2.24, 2.45) is 0 Å². The van der Waals surface area contributed by atoms with E-state index in [0.717, 1.165) is 0 Å². The lowest BCUT2D eigenvalue weighted by Gasteiger charge is -2.22. The van der Waals surface area contributed by atoms with Gasteiger partial charge in [-0.3, -0.25) is 10.1 Å². The Morgan fingerprint density at radius 2 is 2.12 bits per heavy atom. The molecule has 0 atom stereocenters. The van der Waals surface area contributed by atoms with E-state index < -0.39 is 0 Å². The molecular weight excluding hydrogens is 274 g/mol. The summed E-state index contributed by atoms with van der Waals surface area (Å²) in [5, 5.41) is 11.6. The van der Waals surface area contributed by atoms with E-state index in [-0.39, 0.29) is 16.0 Å². The highest BCUT2D eigenvalue weighted by Gasteiger charge is 2.28. The van der Waals surface area contributed by atoms with Crippen LogP contribution in [0.25, 0.3) is 0 Å². The molecule has 1 rings (SSSR count). The first-order valence-electron chi connectivity index (χ1n) is 4.81. The smallest absolute Gasteiger partial charge is 0.276 e. The van der Waals surface area contributed by atoms with Crippen molar-refractivity contribution in [2.75, 3.05) is 12.4 Å². The van der Waals surface area contributed by atoms with Crippen molar-refractivity contribution in [3.8, 4) is 5.75 Å². The van der Waals surface area contributed by atoms with Gasteiger partial charge in [-0.25, -0.2) is 0 Å². The average Bonchev–Trinajstić information content (AvgIpc) is 2.28. The zero-order valence-corrected chi connectivity index (χ0v) is 11.1. The molecule has 4 nitrogen and oxygen atoms in total. The quantitative estimate of drug-likeness (QED) is 0.485. The van der Waals surface area contributed by atoms with Crippen LogP contribution >= 0.6 is 15.9 Å². The topological polar surface area (TPSA) is 52.4 Å². The third-order valence-corrected chi connectivity index (χ3v) is 3.87. The Morgan fingerprint density at radius 3 is 2.56 bits per heavy atom. The van der Waals surface area contributed by atoms with E-state index in [9.17, 15) is 10.1 Å². The molecule has 88 valence electrons. The van der Waals surface area contributed by atoms with Crippen molar-refractivity contribution < 1.29 is 9.66 Å². The molecule has 0 aliphatic rings. The summed E-state index contributed by atoms with van der Waals surface area (Å²) in [5.74, 6) is 0.501. The standard InChI is InChI=1S/C11H14BrNO3/c1-11(2,7-12)9-5-4-8(16-3)6-10(9)13(14)15/h4-6H,7H2,1-3H3. The molecule has 16 heavy (non-hydrogen) atoms. The molecule has 0 aromatic heterocycles. The lowest BCUT2D eigenvalue weighted by molar-refractivity contribution is -0.386. The number of methoxy groups -OCH3 is 1. The van der Waals surface area contributed by atoms with E-state index in [1.807, 2.05) is 13.8 Å². The van der Waals surface area contributed by atoms with Crippen LogP contribution in [0.1, 0.15) is 19.4 Å². The van der Waals surface area contributed by atoms with Gasteiger partial charge in [0.1, 0.15) is 5.75 Å². The SMILES string of the molecule is COc1ccc(C(C)(C)CBr)c([N+](=O)[O-])c1. The van der Waals surface area contributed by atoms with Gasteiger partial charge in [-0.05, 0) is 12.1 Å². The molecule has 0 unspecified atom stereocenters. The van der Waals surface area contributed by atoms with E-state index in [4.69, 9.17) is 4.74 Å².